The number of pyridine rings is 1. The molecule has 0 saturated heterocycles. The largest absolute Gasteiger partial charge is 0.310 e. The maximum atomic E-state index is 11.2. The normalized spacial score (nSPS) is 13.4. The summed E-state index contributed by atoms with van der Waals surface area (Å²) in [6, 6.07) is 4.19. The molecule has 0 aromatic carbocycles. The van der Waals surface area contributed by atoms with E-state index in [1.807, 2.05) is 13.0 Å². The van der Waals surface area contributed by atoms with E-state index in [9.17, 15) is 8.42 Å². The third kappa shape index (κ3) is 6.16. The molecule has 108 valence electrons. The average Bonchev–Trinajstić information content (AvgIpc) is 2.33. The molecule has 19 heavy (non-hydrogen) atoms. The molecular formula is C14H24N2O2S. The van der Waals surface area contributed by atoms with Gasteiger partial charge in [-0.2, -0.15) is 0 Å². The molecule has 1 rings (SSSR count). The van der Waals surface area contributed by atoms with Crippen molar-refractivity contribution >= 4 is 9.84 Å². The summed E-state index contributed by atoms with van der Waals surface area (Å²) in [6.45, 7) is 5.04. The highest BCUT2D eigenvalue weighted by atomic mass is 32.2. The predicted molar refractivity (Wildman–Crippen MR) is 79.0 cm³/mol. The van der Waals surface area contributed by atoms with Crippen LogP contribution in [0.1, 0.15) is 43.5 Å². The Morgan fingerprint density at radius 2 is 2.16 bits per heavy atom. The second-order valence-corrected chi connectivity index (χ2v) is 7.22. The standard InChI is InChI=1S/C14H24N2O2S/c1-4-9-16-14(8-6-11-19(3,17)18)13-7-5-10-15-12(13)2/h5,7,10,14,16H,4,6,8-9,11H2,1-3H3. The molecule has 1 aromatic heterocycles. The van der Waals surface area contributed by atoms with Crippen molar-refractivity contribution in [3.05, 3.63) is 29.6 Å². The van der Waals surface area contributed by atoms with E-state index in [1.54, 1.807) is 6.20 Å². The van der Waals surface area contributed by atoms with Crippen molar-refractivity contribution in [2.24, 2.45) is 0 Å². The van der Waals surface area contributed by atoms with Crippen LogP contribution in [0.3, 0.4) is 0 Å². The van der Waals surface area contributed by atoms with E-state index in [1.165, 1.54) is 11.8 Å². The molecule has 1 atom stereocenters. The number of nitrogens with zero attached hydrogens (tertiary/aromatic N) is 1. The van der Waals surface area contributed by atoms with E-state index in [0.717, 1.165) is 25.1 Å². The lowest BCUT2D eigenvalue weighted by Gasteiger charge is -2.20. The van der Waals surface area contributed by atoms with Gasteiger partial charge in [0.2, 0.25) is 0 Å². The van der Waals surface area contributed by atoms with Gasteiger partial charge in [0.15, 0.2) is 0 Å². The van der Waals surface area contributed by atoms with Crippen molar-refractivity contribution in [1.82, 2.24) is 10.3 Å². The zero-order valence-electron chi connectivity index (χ0n) is 12.0. The van der Waals surface area contributed by atoms with Gasteiger partial charge < -0.3 is 5.32 Å². The minimum atomic E-state index is -2.88. The second kappa shape index (κ2) is 7.60. The number of hydrogen-bond acceptors (Lipinski definition) is 4. The van der Waals surface area contributed by atoms with E-state index < -0.39 is 9.84 Å². The number of aromatic nitrogens is 1. The third-order valence-electron chi connectivity index (χ3n) is 3.07. The van der Waals surface area contributed by atoms with Crippen LogP contribution >= 0.6 is 0 Å². The first kappa shape index (κ1) is 16.1. The molecular weight excluding hydrogens is 260 g/mol. The monoisotopic (exact) mass is 284 g/mol. The number of aryl methyl sites for hydroxylation is 1. The molecule has 0 aliphatic carbocycles. The zero-order chi connectivity index (χ0) is 14.3. The quantitative estimate of drug-likeness (QED) is 0.795. The highest BCUT2D eigenvalue weighted by Crippen LogP contribution is 2.21. The van der Waals surface area contributed by atoms with Crippen LogP contribution in [-0.2, 0) is 9.84 Å². The SMILES string of the molecule is CCCNC(CCCS(C)(=O)=O)c1cccnc1C. The van der Waals surface area contributed by atoms with Gasteiger partial charge in [0.25, 0.3) is 0 Å². The first-order valence-electron chi connectivity index (χ1n) is 6.76. The molecule has 4 nitrogen and oxygen atoms in total. The Balaban J connectivity index is 2.69. The average molecular weight is 284 g/mol. The van der Waals surface area contributed by atoms with Crippen LogP contribution in [-0.4, -0.2) is 32.0 Å². The van der Waals surface area contributed by atoms with Crippen molar-refractivity contribution in [1.29, 1.82) is 0 Å². The van der Waals surface area contributed by atoms with Gasteiger partial charge in [-0.25, -0.2) is 8.42 Å². The summed E-state index contributed by atoms with van der Waals surface area (Å²) >= 11 is 0. The molecule has 1 aromatic rings. The second-order valence-electron chi connectivity index (χ2n) is 4.96. The van der Waals surface area contributed by atoms with Gasteiger partial charge in [0.1, 0.15) is 9.84 Å². The first-order chi connectivity index (χ1) is 8.94. The summed E-state index contributed by atoms with van der Waals surface area (Å²) < 4.78 is 22.4. The summed E-state index contributed by atoms with van der Waals surface area (Å²) in [5.41, 5.74) is 2.18. The Morgan fingerprint density at radius 1 is 1.42 bits per heavy atom. The van der Waals surface area contributed by atoms with Gasteiger partial charge in [-0.3, -0.25) is 4.98 Å². The van der Waals surface area contributed by atoms with Crippen molar-refractivity contribution in [2.75, 3.05) is 18.6 Å². The molecule has 1 N–H and O–H groups in total. The van der Waals surface area contributed by atoms with Crippen molar-refractivity contribution in [3.8, 4) is 0 Å². The van der Waals surface area contributed by atoms with Crippen LogP contribution in [0.25, 0.3) is 0 Å². The zero-order valence-corrected chi connectivity index (χ0v) is 12.8. The van der Waals surface area contributed by atoms with E-state index in [2.05, 4.69) is 23.3 Å². The van der Waals surface area contributed by atoms with Gasteiger partial charge >= 0.3 is 0 Å². The highest BCUT2D eigenvalue weighted by molar-refractivity contribution is 7.90. The van der Waals surface area contributed by atoms with Crippen molar-refractivity contribution < 1.29 is 8.42 Å². The van der Waals surface area contributed by atoms with Gasteiger partial charge in [-0.15, -0.1) is 0 Å². The van der Waals surface area contributed by atoms with Crippen molar-refractivity contribution in [2.45, 2.75) is 39.2 Å². The van der Waals surface area contributed by atoms with Crippen LogP contribution in [0.4, 0.5) is 0 Å². The van der Waals surface area contributed by atoms with Crippen LogP contribution in [0.5, 0.6) is 0 Å². The summed E-state index contributed by atoms with van der Waals surface area (Å²) in [5, 5.41) is 3.48. The molecule has 1 heterocycles. The summed E-state index contributed by atoms with van der Waals surface area (Å²) in [5.74, 6) is 0.247. The fourth-order valence-corrected chi connectivity index (χ4v) is 2.79. The predicted octanol–water partition coefficient (Wildman–Crippen LogP) is 2.26. The van der Waals surface area contributed by atoms with Gasteiger partial charge in [0.05, 0.1) is 0 Å². The van der Waals surface area contributed by atoms with E-state index in [0.29, 0.717) is 6.42 Å². The Morgan fingerprint density at radius 3 is 2.74 bits per heavy atom. The molecule has 0 spiro atoms. The fourth-order valence-electron chi connectivity index (χ4n) is 2.10. The van der Waals surface area contributed by atoms with Crippen LogP contribution in [0, 0.1) is 6.92 Å². The fraction of sp³-hybridized carbons (Fsp3) is 0.643. The Labute approximate surface area is 116 Å². The lowest BCUT2D eigenvalue weighted by molar-refractivity contribution is 0.489. The minimum absolute atomic E-state index is 0.190. The Kier molecular flexibility index (Phi) is 6.45. The molecule has 1 unspecified atom stereocenters. The highest BCUT2D eigenvalue weighted by Gasteiger charge is 2.14. The Hall–Kier alpha value is -0.940. The summed E-state index contributed by atoms with van der Waals surface area (Å²) in [7, 11) is -2.88. The lowest BCUT2D eigenvalue weighted by Crippen LogP contribution is -2.23. The maximum absolute atomic E-state index is 11.2. The smallest absolute Gasteiger partial charge is 0.147 e. The Bertz CT molecular complexity index is 486. The van der Waals surface area contributed by atoms with Gasteiger partial charge in [-0.1, -0.05) is 13.0 Å². The topological polar surface area (TPSA) is 59.1 Å². The number of nitrogens with one attached hydrogen (secondary N) is 1. The number of sulfone groups is 1. The molecule has 0 amide bonds. The summed E-state index contributed by atoms with van der Waals surface area (Å²) in [6.07, 6.45) is 5.62. The molecule has 5 heteroatoms. The lowest BCUT2D eigenvalue weighted by atomic mass is 10.0. The van der Waals surface area contributed by atoms with Crippen LogP contribution in [0.15, 0.2) is 18.3 Å². The van der Waals surface area contributed by atoms with Crippen LogP contribution < -0.4 is 5.32 Å². The molecule has 0 aliphatic heterocycles. The van der Waals surface area contributed by atoms with Crippen molar-refractivity contribution in [3.63, 3.8) is 0 Å². The van der Waals surface area contributed by atoms with E-state index >= 15 is 0 Å². The molecule has 0 saturated carbocycles. The number of hydrogen-bond donors (Lipinski definition) is 1. The van der Waals surface area contributed by atoms with Crippen LogP contribution in [0.2, 0.25) is 0 Å². The maximum Gasteiger partial charge on any atom is 0.147 e. The number of rotatable bonds is 8. The molecule has 0 radical (unpaired) electrons. The molecule has 0 bridgehead atoms. The van der Waals surface area contributed by atoms with E-state index in [4.69, 9.17) is 0 Å². The third-order valence-corrected chi connectivity index (χ3v) is 4.10. The molecule has 0 fully saturated rings. The van der Waals surface area contributed by atoms with Gasteiger partial charge in [0, 0.05) is 29.9 Å². The molecule has 0 aliphatic rings. The summed E-state index contributed by atoms with van der Waals surface area (Å²) in [4.78, 5) is 4.31. The minimum Gasteiger partial charge on any atom is -0.310 e. The van der Waals surface area contributed by atoms with Gasteiger partial charge in [-0.05, 0) is 44.4 Å². The van der Waals surface area contributed by atoms with E-state index in [-0.39, 0.29) is 11.8 Å². The first-order valence-corrected chi connectivity index (χ1v) is 8.82.